The molecule has 1 saturated heterocycles. The Morgan fingerprint density at radius 3 is 2.78 bits per heavy atom. The molecule has 3 aromatic rings. The number of aromatic nitrogens is 2. The molecule has 0 atom stereocenters. The van der Waals surface area contributed by atoms with Gasteiger partial charge < -0.3 is 20.1 Å². The van der Waals surface area contributed by atoms with Gasteiger partial charge in [0, 0.05) is 50.3 Å². The zero-order valence-corrected chi connectivity index (χ0v) is 18.0. The number of nitrogens with one attached hydrogen (secondary N) is 2. The second kappa shape index (κ2) is 10.4. The Bertz CT molecular complexity index is 1060. The number of rotatable bonds is 8. The van der Waals surface area contributed by atoms with E-state index >= 15 is 0 Å². The fourth-order valence-electron chi connectivity index (χ4n) is 3.74. The normalized spacial score (nSPS) is 14.3. The number of carbonyl (C=O) groups excluding carboxylic acids is 1. The van der Waals surface area contributed by atoms with Crippen molar-refractivity contribution in [3.05, 3.63) is 66.1 Å². The van der Waals surface area contributed by atoms with Gasteiger partial charge in [-0.2, -0.15) is 5.10 Å². The van der Waals surface area contributed by atoms with Crippen LogP contribution in [0.3, 0.4) is 0 Å². The van der Waals surface area contributed by atoms with E-state index in [2.05, 4.69) is 15.7 Å². The van der Waals surface area contributed by atoms with Crippen LogP contribution in [0.1, 0.15) is 23.2 Å². The minimum Gasteiger partial charge on any atom is -0.492 e. The van der Waals surface area contributed by atoms with E-state index in [9.17, 15) is 9.18 Å². The summed E-state index contributed by atoms with van der Waals surface area (Å²) in [6, 6.07) is 13.6. The number of amides is 1. The zero-order chi connectivity index (χ0) is 22.3. The van der Waals surface area contributed by atoms with Gasteiger partial charge in [-0.1, -0.05) is 12.1 Å². The largest absolute Gasteiger partial charge is 0.492 e. The lowest BCUT2D eigenvalue weighted by atomic mass is 10.1. The van der Waals surface area contributed by atoms with E-state index in [0.717, 1.165) is 43.9 Å². The summed E-state index contributed by atoms with van der Waals surface area (Å²) < 4.78 is 27.2. The predicted molar refractivity (Wildman–Crippen MR) is 120 cm³/mol. The molecule has 0 unspecified atom stereocenters. The third-order valence-corrected chi connectivity index (χ3v) is 5.47. The van der Waals surface area contributed by atoms with E-state index in [1.165, 1.54) is 12.1 Å². The molecule has 1 fully saturated rings. The first kappa shape index (κ1) is 22.0. The first-order valence-corrected chi connectivity index (χ1v) is 10.7. The third kappa shape index (κ3) is 5.33. The van der Waals surface area contributed by atoms with Gasteiger partial charge in [0.2, 0.25) is 0 Å². The van der Waals surface area contributed by atoms with Crippen LogP contribution >= 0.6 is 0 Å². The van der Waals surface area contributed by atoms with Crippen molar-refractivity contribution < 1.29 is 18.7 Å². The Hall–Kier alpha value is -3.23. The number of ether oxygens (including phenoxy) is 2. The fraction of sp³-hybridized carbons (Fsp3) is 0.333. The van der Waals surface area contributed by atoms with E-state index in [1.54, 1.807) is 29.1 Å². The molecule has 2 N–H and O–H groups in total. The summed E-state index contributed by atoms with van der Waals surface area (Å²) in [4.78, 5) is 12.5. The van der Waals surface area contributed by atoms with Gasteiger partial charge in [0.25, 0.3) is 5.91 Å². The van der Waals surface area contributed by atoms with Crippen LogP contribution in [-0.2, 0) is 11.8 Å². The summed E-state index contributed by atoms with van der Waals surface area (Å²) in [5, 5.41) is 10.5. The second-order valence-electron chi connectivity index (χ2n) is 7.67. The van der Waals surface area contributed by atoms with Gasteiger partial charge in [0.05, 0.1) is 11.3 Å². The molecule has 4 rings (SSSR count). The highest BCUT2D eigenvalue weighted by molar-refractivity contribution is 6.04. The molecule has 7 nitrogen and oxygen atoms in total. The highest BCUT2D eigenvalue weighted by Crippen LogP contribution is 2.32. The SMILES string of the molecule is Cn1nccc1-c1cc(NC(=O)c2ccccc2F)ccc1OCCNC1CCOCC1. The minimum absolute atomic E-state index is 0.00547. The summed E-state index contributed by atoms with van der Waals surface area (Å²) in [5.41, 5.74) is 2.18. The van der Waals surface area contributed by atoms with Crippen LogP contribution in [0, 0.1) is 5.82 Å². The van der Waals surface area contributed by atoms with Crippen molar-refractivity contribution in [3.8, 4) is 17.0 Å². The molecule has 0 spiro atoms. The minimum atomic E-state index is -0.561. The Labute approximate surface area is 186 Å². The standard InChI is InChI=1S/C24H27FN4O3/c1-29-22(8-11-27-29)20-16-18(28-24(30)19-4-2-3-5-21(19)25)6-7-23(20)32-15-12-26-17-9-13-31-14-10-17/h2-8,11,16-17,26H,9-10,12-15H2,1H3,(H,28,30). The van der Waals surface area contributed by atoms with E-state index in [-0.39, 0.29) is 5.56 Å². The molecule has 8 heteroatoms. The smallest absolute Gasteiger partial charge is 0.258 e. The molecule has 1 amide bonds. The van der Waals surface area contributed by atoms with Crippen LogP contribution < -0.4 is 15.4 Å². The maximum absolute atomic E-state index is 14.0. The van der Waals surface area contributed by atoms with Crippen LogP contribution in [0.4, 0.5) is 10.1 Å². The van der Waals surface area contributed by atoms with Crippen molar-refractivity contribution in [2.75, 3.05) is 31.7 Å². The van der Waals surface area contributed by atoms with E-state index < -0.39 is 11.7 Å². The number of hydrogen-bond acceptors (Lipinski definition) is 5. The predicted octanol–water partition coefficient (Wildman–Crippen LogP) is 3.63. The third-order valence-electron chi connectivity index (χ3n) is 5.47. The van der Waals surface area contributed by atoms with Gasteiger partial charge in [0.15, 0.2) is 0 Å². The lowest BCUT2D eigenvalue weighted by Crippen LogP contribution is -2.37. The summed E-state index contributed by atoms with van der Waals surface area (Å²) in [5.74, 6) is -0.381. The van der Waals surface area contributed by atoms with Gasteiger partial charge in [-0.15, -0.1) is 0 Å². The summed E-state index contributed by atoms with van der Waals surface area (Å²) in [7, 11) is 1.84. The van der Waals surface area contributed by atoms with Crippen LogP contribution in [0.5, 0.6) is 5.75 Å². The van der Waals surface area contributed by atoms with Crippen LogP contribution in [0.15, 0.2) is 54.7 Å². The second-order valence-corrected chi connectivity index (χ2v) is 7.67. The summed E-state index contributed by atoms with van der Waals surface area (Å²) in [6.45, 7) is 2.82. The van der Waals surface area contributed by atoms with Crippen molar-refractivity contribution in [1.82, 2.24) is 15.1 Å². The average Bonchev–Trinajstić information content (AvgIpc) is 3.24. The van der Waals surface area contributed by atoms with Crippen molar-refractivity contribution in [3.63, 3.8) is 0 Å². The average molecular weight is 439 g/mol. The molecule has 1 aliphatic heterocycles. The molecular weight excluding hydrogens is 411 g/mol. The Morgan fingerprint density at radius 1 is 1.22 bits per heavy atom. The lowest BCUT2D eigenvalue weighted by Gasteiger charge is -2.23. The van der Waals surface area contributed by atoms with Crippen molar-refractivity contribution in [2.45, 2.75) is 18.9 Å². The summed E-state index contributed by atoms with van der Waals surface area (Å²) in [6.07, 6.45) is 3.73. The Kier molecular flexibility index (Phi) is 7.14. The molecular formula is C24H27FN4O3. The first-order chi connectivity index (χ1) is 15.6. The highest BCUT2D eigenvalue weighted by atomic mass is 19.1. The number of aryl methyl sites for hydroxylation is 1. The number of halogens is 1. The van der Waals surface area contributed by atoms with Gasteiger partial charge in [0.1, 0.15) is 18.2 Å². The number of anilines is 1. The van der Waals surface area contributed by atoms with Crippen molar-refractivity contribution in [2.24, 2.45) is 7.05 Å². The molecule has 0 aliphatic carbocycles. The van der Waals surface area contributed by atoms with Crippen molar-refractivity contribution >= 4 is 11.6 Å². The molecule has 0 saturated carbocycles. The monoisotopic (exact) mass is 438 g/mol. The number of carbonyl (C=O) groups is 1. The molecule has 0 bridgehead atoms. The van der Waals surface area contributed by atoms with Crippen molar-refractivity contribution in [1.29, 1.82) is 0 Å². The molecule has 0 radical (unpaired) electrons. The zero-order valence-electron chi connectivity index (χ0n) is 18.0. The maximum atomic E-state index is 14.0. The first-order valence-electron chi connectivity index (χ1n) is 10.7. The Morgan fingerprint density at radius 2 is 2.03 bits per heavy atom. The molecule has 32 heavy (non-hydrogen) atoms. The number of benzene rings is 2. The highest BCUT2D eigenvalue weighted by Gasteiger charge is 2.16. The lowest BCUT2D eigenvalue weighted by molar-refractivity contribution is 0.0770. The quantitative estimate of drug-likeness (QED) is 0.526. The van der Waals surface area contributed by atoms with Crippen LogP contribution in [-0.4, -0.2) is 48.1 Å². The molecule has 2 heterocycles. The number of nitrogens with zero attached hydrogens (tertiary/aromatic N) is 2. The van der Waals surface area contributed by atoms with Gasteiger partial charge in [-0.05, 0) is 49.2 Å². The topological polar surface area (TPSA) is 77.4 Å². The van der Waals surface area contributed by atoms with Crippen LogP contribution in [0.2, 0.25) is 0 Å². The molecule has 2 aromatic carbocycles. The Balaban J connectivity index is 1.47. The fourth-order valence-corrected chi connectivity index (χ4v) is 3.74. The van der Waals surface area contributed by atoms with Gasteiger partial charge in [-0.3, -0.25) is 9.48 Å². The number of hydrogen-bond donors (Lipinski definition) is 2. The molecule has 1 aliphatic rings. The van der Waals surface area contributed by atoms with Crippen LogP contribution in [0.25, 0.3) is 11.3 Å². The van der Waals surface area contributed by atoms with Gasteiger partial charge >= 0.3 is 0 Å². The molecule has 1 aromatic heterocycles. The molecule has 168 valence electrons. The summed E-state index contributed by atoms with van der Waals surface area (Å²) >= 11 is 0. The van der Waals surface area contributed by atoms with E-state index in [1.807, 2.05) is 25.2 Å². The van der Waals surface area contributed by atoms with E-state index in [0.29, 0.717) is 24.1 Å². The maximum Gasteiger partial charge on any atom is 0.258 e. The van der Waals surface area contributed by atoms with E-state index in [4.69, 9.17) is 9.47 Å². The van der Waals surface area contributed by atoms with Gasteiger partial charge in [-0.25, -0.2) is 4.39 Å².